The average Bonchev–Trinajstić information content (AvgIpc) is 2.37. The fourth-order valence-electron chi connectivity index (χ4n) is 1.42. The summed E-state index contributed by atoms with van der Waals surface area (Å²) >= 11 is 1.98. The van der Waals surface area contributed by atoms with Crippen molar-refractivity contribution in [2.24, 2.45) is 0 Å². The Bertz CT molecular complexity index is 309. The van der Waals surface area contributed by atoms with E-state index in [0.717, 1.165) is 43.3 Å². The lowest BCUT2D eigenvalue weighted by Crippen LogP contribution is -2.00. The first kappa shape index (κ1) is 15.2. The van der Waals surface area contributed by atoms with Crippen molar-refractivity contribution in [3.8, 4) is 11.5 Å². The molecule has 102 valence electrons. The average molecular weight is 268 g/mol. The lowest BCUT2D eigenvalue weighted by molar-refractivity contribution is 0.309. The van der Waals surface area contributed by atoms with Crippen LogP contribution in [0, 0.1) is 0 Å². The molecule has 1 aromatic carbocycles. The predicted octanol–water partition coefficient (Wildman–Crippen LogP) is 4.39. The summed E-state index contributed by atoms with van der Waals surface area (Å²) in [5.41, 5.74) is 0. The highest BCUT2D eigenvalue weighted by molar-refractivity contribution is 7.99. The number of rotatable bonds is 9. The molecule has 0 aliphatic carbocycles. The third-order valence-corrected chi connectivity index (χ3v) is 3.50. The highest BCUT2D eigenvalue weighted by atomic mass is 32.2. The molecule has 0 saturated carbocycles. The normalized spacial score (nSPS) is 10.7. The van der Waals surface area contributed by atoms with Crippen molar-refractivity contribution in [2.45, 2.75) is 38.9 Å². The minimum absolute atomic E-state index is 0.708. The Morgan fingerprint density at radius 2 is 1.56 bits per heavy atom. The van der Waals surface area contributed by atoms with Gasteiger partial charge in [0.15, 0.2) is 0 Å². The molecule has 0 fully saturated rings. The number of thioether (sulfide) groups is 1. The number of hydrogen-bond acceptors (Lipinski definition) is 3. The van der Waals surface area contributed by atoms with Gasteiger partial charge in [-0.1, -0.05) is 20.8 Å². The molecule has 18 heavy (non-hydrogen) atoms. The summed E-state index contributed by atoms with van der Waals surface area (Å²) in [4.78, 5) is 0. The van der Waals surface area contributed by atoms with Gasteiger partial charge >= 0.3 is 0 Å². The van der Waals surface area contributed by atoms with Gasteiger partial charge < -0.3 is 9.47 Å². The SMILES string of the molecule is CCCOc1ccc(OCCCSC(C)C)cc1. The first-order valence-electron chi connectivity index (χ1n) is 6.69. The predicted molar refractivity (Wildman–Crippen MR) is 79.9 cm³/mol. The van der Waals surface area contributed by atoms with Crippen LogP contribution in [-0.4, -0.2) is 24.2 Å². The Hall–Kier alpha value is -0.830. The van der Waals surface area contributed by atoms with Crippen molar-refractivity contribution in [3.05, 3.63) is 24.3 Å². The van der Waals surface area contributed by atoms with Gasteiger partial charge in [0.05, 0.1) is 13.2 Å². The minimum Gasteiger partial charge on any atom is -0.494 e. The number of hydrogen-bond donors (Lipinski definition) is 0. The molecule has 0 aliphatic rings. The molecule has 0 saturated heterocycles. The zero-order valence-electron chi connectivity index (χ0n) is 11.6. The lowest BCUT2D eigenvalue weighted by atomic mass is 10.3. The summed E-state index contributed by atoms with van der Waals surface area (Å²) in [7, 11) is 0. The fourth-order valence-corrected chi connectivity index (χ4v) is 2.18. The van der Waals surface area contributed by atoms with E-state index in [2.05, 4.69) is 20.8 Å². The van der Waals surface area contributed by atoms with Crippen molar-refractivity contribution in [2.75, 3.05) is 19.0 Å². The van der Waals surface area contributed by atoms with Gasteiger partial charge in [0.25, 0.3) is 0 Å². The molecule has 0 radical (unpaired) electrons. The van der Waals surface area contributed by atoms with Crippen LogP contribution in [0.4, 0.5) is 0 Å². The van der Waals surface area contributed by atoms with Gasteiger partial charge in [-0.15, -0.1) is 0 Å². The standard InChI is InChI=1S/C15H24O2S/c1-4-10-16-14-6-8-15(9-7-14)17-11-5-12-18-13(2)3/h6-9,13H,4-5,10-12H2,1-3H3. The van der Waals surface area contributed by atoms with E-state index >= 15 is 0 Å². The molecule has 0 spiro atoms. The second-order valence-electron chi connectivity index (χ2n) is 4.44. The molecule has 0 aromatic heterocycles. The molecular weight excluding hydrogens is 244 g/mol. The van der Waals surface area contributed by atoms with E-state index in [0.29, 0.717) is 5.25 Å². The van der Waals surface area contributed by atoms with Crippen molar-refractivity contribution in [1.29, 1.82) is 0 Å². The largest absolute Gasteiger partial charge is 0.494 e. The summed E-state index contributed by atoms with van der Waals surface area (Å²) < 4.78 is 11.2. The Labute approximate surface area is 115 Å². The van der Waals surface area contributed by atoms with E-state index in [1.54, 1.807) is 0 Å². The Balaban J connectivity index is 2.18. The second kappa shape index (κ2) is 9.15. The topological polar surface area (TPSA) is 18.5 Å². The van der Waals surface area contributed by atoms with E-state index in [1.807, 2.05) is 36.0 Å². The van der Waals surface area contributed by atoms with Crippen LogP contribution >= 0.6 is 11.8 Å². The van der Waals surface area contributed by atoms with Crippen LogP contribution in [0.3, 0.4) is 0 Å². The Morgan fingerprint density at radius 1 is 1.00 bits per heavy atom. The van der Waals surface area contributed by atoms with Crippen LogP contribution in [0.5, 0.6) is 11.5 Å². The first-order chi connectivity index (χ1) is 8.72. The van der Waals surface area contributed by atoms with Gasteiger partial charge in [0, 0.05) is 0 Å². The van der Waals surface area contributed by atoms with E-state index in [4.69, 9.17) is 9.47 Å². The van der Waals surface area contributed by atoms with Crippen LogP contribution in [0.25, 0.3) is 0 Å². The van der Waals surface area contributed by atoms with Gasteiger partial charge in [0.1, 0.15) is 11.5 Å². The maximum atomic E-state index is 5.68. The number of ether oxygens (including phenoxy) is 2. The Kier molecular flexibility index (Phi) is 7.74. The van der Waals surface area contributed by atoms with Crippen LogP contribution in [0.2, 0.25) is 0 Å². The van der Waals surface area contributed by atoms with Crippen LogP contribution < -0.4 is 9.47 Å². The van der Waals surface area contributed by atoms with Gasteiger partial charge in [-0.2, -0.15) is 11.8 Å². The molecule has 0 unspecified atom stereocenters. The highest BCUT2D eigenvalue weighted by Gasteiger charge is 1.97. The monoisotopic (exact) mass is 268 g/mol. The fraction of sp³-hybridized carbons (Fsp3) is 0.600. The van der Waals surface area contributed by atoms with Crippen LogP contribution in [-0.2, 0) is 0 Å². The first-order valence-corrected chi connectivity index (χ1v) is 7.74. The highest BCUT2D eigenvalue weighted by Crippen LogP contribution is 2.18. The van der Waals surface area contributed by atoms with E-state index in [-0.39, 0.29) is 0 Å². The summed E-state index contributed by atoms with van der Waals surface area (Å²) in [6, 6.07) is 7.88. The van der Waals surface area contributed by atoms with Crippen molar-refractivity contribution < 1.29 is 9.47 Å². The summed E-state index contributed by atoms with van der Waals surface area (Å²) in [6.45, 7) is 8.11. The Morgan fingerprint density at radius 3 is 2.06 bits per heavy atom. The maximum Gasteiger partial charge on any atom is 0.119 e. The molecule has 0 bridgehead atoms. The molecule has 0 aliphatic heterocycles. The smallest absolute Gasteiger partial charge is 0.119 e. The molecule has 1 rings (SSSR count). The zero-order chi connectivity index (χ0) is 13.2. The minimum atomic E-state index is 0.708. The quantitative estimate of drug-likeness (QED) is 0.619. The van der Waals surface area contributed by atoms with Gasteiger partial charge in [0.2, 0.25) is 0 Å². The molecule has 0 heterocycles. The van der Waals surface area contributed by atoms with Crippen LogP contribution in [0.1, 0.15) is 33.6 Å². The van der Waals surface area contributed by atoms with E-state index in [9.17, 15) is 0 Å². The molecular formula is C15H24O2S. The lowest BCUT2D eigenvalue weighted by Gasteiger charge is -2.08. The van der Waals surface area contributed by atoms with E-state index < -0.39 is 0 Å². The number of benzene rings is 1. The maximum absolute atomic E-state index is 5.68. The summed E-state index contributed by atoms with van der Waals surface area (Å²) in [6.07, 6.45) is 2.13. The molecule has 0 amide bonds. The summed E-state index contributed by atoms with van der Waals surface area (Å²) in [5.74, 6) is 3.00. The zero-order valence-corrected chi connectivity index (χ0v) is 12.5. The molecule has 2 nitrogen and oxygen atoms in total. The van der Waals surface area contributed by atoms with Crippen molar-refractivity contribution >= 4 is 11.8 Å². The molecule has 1 aromatic rings. The second-order valence-corrected chi connectivity index (χ2v) is 6.13. The molecule has 3 heteroatoms. The molecule has 0 N–H and O–H groups in total. The van der Waals surface area contributed by atoms with Crippen molar-refractivity contribution in [3.63, 3.8) is 0 Å². The van der Waals surface area contributed by atoms with Crippen LogP contribution in [0.15, 0.2) is 24.3 Å². The third-order valence-electron chi connectivity index (χ3n) is 2.31. The van der Waals surface area contributed by atoms with Crippen molar-refractivity contribution in [1.82, 2.24) is 0 Å². The van der Waals surface area contributed by atoms with Gasteiger partial charge in [-0.05, 0) is 48.1 Å². The summed E-state index contributed by atoms with van der Waals surface area (Å²) in [5, 5.41) is 0.708. The third kappa shape index (κ3) is 6.80. The van der Waals surface area contributed by atoms with Gasteiger partial charge in [-0.25, -0.2) is 0 Å². The molecule has 0 atom stereocenters. The van der Waals surface area contributed by atoms with E-state index in [1.165, 1.54) is 0 Å². The van der Waals surface area contributed by atoms with Gasteiger partial charge in [-0.3, -0.25) is 0 Å².